The van der Waals surface area contributed by atoms with Crippen LogP contribution in [0.1, 0.15) is 11.1 Å². The van der Waals surface area contributed by atoms with Crippen LogP contribution in [-0.2, 0) is 19.6 Å². The van der Waals surface area contributed by atoms with Gasteiger partial charge in [-0.2, -0.15) is 4.31 Å². The predicted molar refractivity (Wildman–Crippen MR) is 113 cm³/mol. The molecule has 0 radical (unpaired) electrons. The van der Waals surface area contributed by atoms with Gasteiger partial charge in [0.05, 0.1) is 20.3 Å². The first-order valence-corrected chi connectivity index (χ1v) is 11.0. The van der Waals surface area contributed by atoms with Gasteiger partial charge in [-0.15, -0.1) is 0 Å². The second-order valence-electron chi connectivity index (χ2n) is 6.94. The van der Waals surface area contributed by atoms with Crippen LogP contribution in [0.5, 0.6) is 11.5 Å². The predicted octanol–water partition coefficient (Wildman–Crippen LogP) is 2.35. The summed E-state index contributed by atoms with van der Waals surface area (Å²) >= 11 is 0. The number of methoxy groups -OCH3 is 1. The van der Waals surface area contributed by atoms with Crippen molar-refractivity contribution in [3.05, 3.63) is 47.5 Å². The van der Waals surface area contributed by atoms with Gasteiger partial charge in [0.15, 0.2) is 6.61 Å². The number of anilines is 1. The van der Waals surface area contributed by atoms with Crippen molar-refractivity contribution in [3.8, 4) is 11.5 Å². The molecule has 0 aromatic heterocycles. The molecule has 9 heteroatoms. The number of benzene rings is 2. The molecule has 0 bridgehead atoms. The zero-order valence-electron chi connectivity index (χ0n) is 17.3. The quantitative estimate of drug-likeness (QED) is 0.719. The van der Waals surface area contributed by atoms with Crippen LogP contribution in [-0.4, -0.2) is 58.7 Å². The van der Waals surface area contributed by atoms with Crippen molar-refractivity contribution in [2.24, 2.45) is 0 Å². The van der Waals surface area contributed by atoms with E-state index in [1.807, 2.05) is 32.0 Å². The Balaban J connectivity index is 1.75. The van der Waals surface area contributed by atoms with Gasteiger partial charge in [-0.05, 0) is 43.2 Å². The van der Waals surface area contributed by atoms with E-state index in [4.69, 9.17) is 14.2 Å². The van der Waals surface area contributed by atoms with Gasteiger partial charge in [-0.1, -0.05) is 18.2 Å². The number of hydrogen-bond acceptors (Lipinski definition) is 6. The molecule has 8 nitrogen and oxygen atoms in total. The van der Waals surface area contributed by atoms with Gasteiger partial charge in [-0.25, -0.2) is 8.42 Å². The molecule has 3 rings (SSSR count). The van der Waals surface area contributed by atoms with Crippen molar-refractivity contribution >= 4 is 21.6 Å². The maximum atomic E-state index is 13.0. The monoisotopic (exact) mass is 434 g/mol. The summed E-state index contributed by atoms with van der Waals surface area (Å²) in [5, 5.41) is 2.69. The molecule has 2 aromatic rings. The molecule has 1 heterocycles. The minimum absolute atomic E-state index is 0.000339. The Labute approximate surface area is 176 Å². The van der Waals surface area contributed by atoms with Crippen molar-refractivity contribution in [2.45, 2.75) is 18.7 Å². The van der Waals surface area contributed by atoms with Crippen LogP contribution in [0.3, 0.4) is 0 Å². The van der Waals surface area contributed by atoms with Crippen molar-refractivity contribution in [3.63, 3.8) is 0 Å². The molecule has 2 aromatic carbocycles. The first-order valence-electron chi connectivity index (χ1n) is 9.57. The smallest absolute Gasteiger partial charge is 0.262 e. The number of ether oxygens (including phenoxy) is 3. The standard InChI is InChI=1S/C21H26N2O6S/c1-15-5-4-6-16(2)21(15)29-14-20(24)22-17-7-8-18(27-3)19(13-17)30(25,26)23-9-11-28-12-10-23/h4-8,13H,9-12,14H2,1-3H3,(H,22,24). The van der Waals surface area contributed by atoms with Gasteiger partial charge < -0.3 is 19.5 Å². The Morgan fingerprint density at radius 3 is 2.43 bits per heavy atom. The molecule has 0 aliphatic carbocycles. The topological polar surface area (TPSA) is 94.2 Å². The van der Waals surface area contributed by atoms with Crippen molar-refractivity contribution in [1.29, 1.82) is 0 Å². The molecular formula is C21H26N2O6S. The Morgan fingerprint density at radius 1 is 1.13 bits per heavy atom. The zero-order chi connectivity index (χ0) is 21.7. The van der Waals surface area contributed by atoms with E-state index < -0.39 is 15.9 Å². The average molecular weight is 435 g/mol. The van der Waals surface area contributed by atoms with Gasteiger partial charge in [-0.3, -0.25) is 4.79 Å². The number of carbonyl (C=O) groups is 1. The number of morpholine rings is 1. The minimum atomic E-state index is -3.78. The van der Waals surface area contributed by atoms with E-state index in [1.165, 1.54) is 23.5 Å². The number of para-hydroxylation sites is 1. The fourth-order valence-electron chi connectivity index (χ4n) is 3.24. The highest BCUT2D eigenvalue weighted by Crippen LogP contribution is 2.30. The van der Waals surface area contributed by atoms with Gasteiger partial charge in [0.25, 0.3) is 5.91 Å². The Bertz CT molecular complexity index is 996. The third kappa shape index (κ3) is 4.92. The Kier molecular flexibility index (Phi) is 6.96. The highest BCUT2D eigenvalue weighted by atomic mass is 32.2. The van der Waals surface area contributed by atoms with E-state index in [2.05, 4.69) is 5.32 Å². The molecular weight excluding hydrogens is 408 g/mol. The molecule has 162 valence electrons. The fourth-order valence-corrected chi connectivity index (χ4v) is 4.83. The molecule has 0 saturated carbocycles. The van der Waals surface area contributed by atoms with Crippen LogP contribution in [0.15, 0.2) is 41.3 Å². The van der Waals surface area contributed by atoms with E-state index in [0.717, 1.165) is 11.1 Å². The minimum Gasteiger partial charge on any atom is -0.495 e. The molecule has 1 aliphatic rings. The molecule has 1 saturated heterocycles. The van der Waals surface area contributed by atoms with Crippen molar-refractivity contribution in [2.75, 3.05) is 45.3 Å². The summed E-state index contributed by atoms with van der Waals surface area (Å²) in [5.41, 5.74) is 2.22. The second-order valence-corrected chi connectivity index (χ2v) is 8.85. The lowest BCUT2D eigenvalue weighted by Crippen LogP contribution is -2.40. The summed E-state index contributed by atoms with van der Waals surface area (Å²) in [5.74, 6) is 0.488. The number of hydrogen-bond donors (Lipinski definition) is 1. The van der Waals surface area contributed by atoms with E-state index in [1.54, 1.807) is 6.07 Å². The summed E-state index contributed by atoms with van der Waals surface area (Å²) in [7, 11) is -2.38. The SMILES string of the molecule is COc1ccc(NC(=O)COc2c(C)cccc2C)cc1S(=O)(=O)N1CCOCC1. The Morgan fingerprint density at radius 2 is 1.80 bits per heavy atom. The highest BCUT2D eigenvalue weighted by Gasteiger charge is 2.29. The van der Waals surface area contributed by atoms with Gasteiger partial charge in [0.1, 0.15) is 16.4 Å². The number of sulfonamides is 1. The van der Waals surface area contributed by atoms with Crippen LogP contribution in [0, 0.1) is 13.8 Å². The number of aryl methyl sites for hydroxylation is 2. The van der Waals surface area contributed by atoms with Crippen LogP contribution < -0.4 is 14.8 Å². The maximum absolute atomic E-state index is 13.0. The number of amides is 1. The van der Waals surface area contributed by atoms with Gasteiger partial charge in [0, 0.05) is 18.8 Å². The Hall–Kier alpha value is -2.62. The molecule has 1 fully saturated rings. The molecule has 0 unspecified atom stereocenters. The van der Waals surface area contributed by atoms with Gasteiger partial charge >= 0.3 is 0 Å². The molecule has 30 heavy (non-hydrogen) atoms. The summed E-state index contributed by atoms with van der Waals surface area (Å²) in [4.78, 5) is 12.4. The summed E-state index contributed by atoms with van der Waals surface area (Å²) in [6.45, 7) is 4.85. The number of nitrogens with one attached hydrogen (secondary N) is 1. The fraction of sp³-hybridized carbons (Fsp3) is 0.381. The van der Waals surface area contributed by atoms with E-state index in [0.29, 0.717) is 24.7 Å². The number of carbonyl (C=O) groups excluding carboxylic acids is 1. The molecule has 0 spiro atoms. The molecule has 1 amide bonds. The van der Waals surface area contributed by atoms with Crippen LogP contribution in [0.25, 0.3) is 0 Å². The molecule has 0 atom stereocenters. The van der Waals surface area contributed by atoms with Crippen molar-refractivity contribution < 1.29 is 27.4 Å². The summed E-state index contributed by atoms with van der Waals surface area (Å²) in [6, 6.07) is 10.3. The first kappa shape index (κ1) is 22.1. The lowest BCUT2D eigenvalue weighted by atomic mass is 10.1. The van der Waals surface area contributed by atoms with Gasteiger partial charge in [0.2, 0.25) is 10.0 Å². The average Bonchev–Trinajstić information content (AvgIpc) is 2.74. The van der Waals surface area contributed by atoms with E-state index >= 15 is 0 Å². The van der Waals surface area contributed by atoms with Crippen LogP contribution >= 0.6 is 0 Å². The third-order valence-corrected chi connectivity index (χ3v) is 6.71. The second kappa shape index (κ2) is 9.46. The highest BCUT2D eigenvalue weighted by molar-refractivity contribution is 7.89. The normalized spacial score (nSPS) is 14.9. The summed E-state index contributed by atoms with van der Waals surface area (Å²) < 4.78 is 43.6. The number of nitrogens with zero attached hydrogens (tertiary/aromatic N) is 1. The van der Waals surface area contributed by atoms with Crippen LogP contribution in [0.4, 0.5) is 5.69 Å². The van der Waals surface area contributed by atoms with E-state index in [9.17, 15) is 13.2 Å². The largest absolute Gasteiger partial charge is 0.495 e. The maximum Gasteiger partial charge on any atom is 0.262 e. The lowest BCUT2D eigenvalue weighted by Gasteiger charge is -2.26. The number of rotatable bonds is 7. The first-order chi connectivity index (χ1) is 14.3. The molecule has 1 N–H and O–H groups in total. The van der Waals surface area contributed by atoms with Crippen molar-refractivity contribution in [1.82, 2.24) is 4.31 Å². The van der Waals surface area contributed by atoms with Crippen LogP contribution in [0.2, 0.25) is 0 Å². The third-order valence-electron chi connectivity index (χ3n) is 4.79. The zero-order valence-corrected chi connectivity index (χ0v) is 18.1. The molecule has 1 aliphatic heterocycles. The summed E-state index contributed by atoms with van der Waals surface area (Å²) in [6.07, 6.45) is 0. The lowest BCUT2D eigenvalue weighted by molar-refractivity contribution is -0.118. The van der Waals surface area contributed by atoms with E-state index in [-0.39, 0.29) is 30.3 Å².